The Morgan fingerprint density at radius 1 is 1.16 bits per heavy atom. The van der Waals surface area contributed by atoms with Crippen molar-refractivity contribution >= 4 is 0 Å². The minimum atomic E-state index is -0.465. The number of H-pyrrole nitrogens is 1. The third kappa shape index (κ3) is 3.65. The van der Waals surface area contributed by atoms with Crippen molar-refractivity contribution < 1.29 is 14.2 Å². The van der Waals surface area contributed by atoms with E-state index in [2.05, 4.69) is 42.2 Å². The average Bonchev–Trinajstić information content (AvgIpc) is 3.21. The Labute approximate surface area is 187 Å². The Hall–Kier alpha value is -3.92. The lowest BCUT2D eigenvalue weighted by Crippen LogP contribution is -2.21. The number of nitriles is 1. The van der Waals surface area contributed by atoms with E-state index in [0.29, 0.717) is 29.6 Å². The summed E-state index contributed by atoms with van der Waals surface area (Å²) in [5.41, 5.74) is 12.2. The van der Waals surface area contributed by atoms with Crippen LogP contribution in [0.3, 0.4) is 0 Å². The number of hydrogen-bond acceptors (Lipinski definition) is 6. The summed E-state index contributed by atoms with van der Waals surface area (Å²) in [5.74, 6) is 1.20. The summed E-state index contributed by atoms with van der Waals surface area (Å²) in [6, 6.07) is 14.1. The monoisotopic (exact) mass is 430 g/mol. The van der Waals surface area contributed by atoms with Crippen LogP contribution in [-0.2, 0) is 0 Å². The van der Waals surface area contributed by atoms with E-state index in [9.17, 15) is 5.26 Å². The zero-order chi connectivity index (χ0) is 22.8. The van der Waals surface area contributed by atoms with Gasteiger partial charge >= 0.3 is 0 Å². The second-order valence-corrected chi connectivity index (χ2v) is 7.80. The van der Waals surface area contributed by atoms with Crippen LogP contribution in [0.15, 0.2) is 47.9 Å². The molecule has 1 atom stereocenters. The molecule has 4 rings (SSSR count). The third-order valence-electron chi connectivity index (χ3n) is 5.72. The largest absolute Gasteiger partial charge is 0.493 e. The number of ether oxygens (including phenoxy) is 3. The maximum Gasteiger partial charge on any atom is 0.244 e. The first-order valence-corrected chi connectivity index (χ1v) is 10.5. The first kappa shape index (κ1) is 21.3. The molecule has 0 bridgehead atoms. The Balaban J connectivity index is 1.88. The van der Waals surface area contributed by atoms with Crippen molar-refractivity contribution in [1.29, 1.82) is 5.26 Å². The number of nitrogens with one attached hydrogen (secondary N) is 1. The van der Waals surface area contributed by atoms with Crippen molar-refractivity contribution in [2.75, 3.05) is 13.7 Å². The van der Waals surface area contributed by atoms with Crippen molar-refractivity contribution in [2.45, 2.75) is 33.1 Å². The number of nitrogens with zero attached hydrogens (tertiary/aromatic N) is 2. The van der Waals surface area contributed by atoms with E-state index in [4.69, 9.17) is 19.9 Å². The van der Waals surface area contributed by atoms with Gasteiger partial charge in [-0.25, -0.2) is 0 Å². The molecular weight excluding hydrogens is 404 g/mol. The number of nitrogens with two attached hydrogens (primary N) is 1. The zero-order valence-corrected chi connectivity index (χ0v) is 18.7. The summed E-state index contributed by atoms with van der Waals surface area (Å²) in [7, 11) is 1.60. The molecule has 0 spiro atoms. The average molecular weight is 431 g/mol. The van der Waals surface area contributed by atoms with Crippen LogP contribution in [0.4, 0.5) is 0 Å². The lowest BCUT2D eigenvalue weighted by atomic mass is 9.82. The molecule has 0 saturated heterocycles. The smallest absolute Gasteiger partial charge is 0.244 e. The van der Waals surface area contributed by atoms with Gasteiger partial charge in [-0.2, -0.15) is 5.26 Å². The molecular formula is C25H26N4O3. The molecule has 3 aromatic rings. The fraction of sp³-hybridized carbons (Fsp3) is 0.280. The number of aromatic amines is 1. The van der Waals surface area contributed by atoms with Crippen LogP contribution in [0.2, 0.25) is 0 Å². The minimum absolute atomic E-state index is 0.0495. The summed E-state index contributed by atoms with van der Waals surface area (Å²) in [6.45, 7) is 6.77. The van der Waals surface area contributed by atoms with E-state index < -0.39 is 5.92 Å². The fourth-order valence-electron chi connectivity index (χ4n) is 3.89. The van der Waals surface area contributed by atoms with Gasteiger partial charge in [0.1, 0.15) is 11.6 Å². The fourth-order valence-corrected chi connectivity index (χ4v) is 3.89. The lowest BCUT2D eigenvalue weighted by Gasteiger charge is -2.25. The number of allylic oxidation sites excluding steroid dienone is 1. The van der Waals surface area contributed by atoms with Gasteiger partial charge < -0.3 is 19.9 Å². The van der Waals surface area contributed by atoms with Crippen molar-refractivity contribution in [2.24, 2.45) is 5.73 Å². The number of hydrogen-bond donors (Lipinski definition) is 2. The van der Waals surface area contributed by atoms with Crippen LogP contribution in [0.25, 0.3) is 11.3 Å². The molecule has 0 aliphatic carbocycles. The predicted molar refractivity (Wildman–Crippen MR) is 122 cm³/mol. The highest BCUT2D eigenvalue weighted by atomic mass is 16.5. The van der Waals surface area contributed by atoms with Gasteiger partial charge in [0, 0.05) is 5.56 Å². The normalized spacial score (nSPS) is 15.0. The van der Waals surface area contributed by atoms with Gasteiger partial charge in [-0.3, -0.25) is 5.10 Å². The Morgan fingerprint density at radius 3 is 2.66 bits per heavy atom. The number of fused-ring (bicyclic) bond motifs is 1. The van der Waals surface area contributed by atoms with E-state index in [0.717, 1.165) is 34.4 Å². The molecule has 1 aliphatic rings. The molecule has 3 N–H and O–H groups in total. The Kier molecular flexibility index (Phi) is 5.78. The van der Waals surface area contributed by atoms with Crippen LogP contribution < -0.4 is 19.9 Å². The number of rotatable bonds is 6. The first-order chi connectivity index (χ1) is 15.5. The van der Waals surface area contributed by atoms with E-state index >= 15 is 0 Å². The number of aromatic nitrogens is 2. The molecule has 0 saturated carbocycles. The van der Waals surface area contributed by atoms with E-state index in [1.807, 2.05) is 31.2 Å². The molecule has 2 aromatic carbocycles. The maximum atomic E-state index is 9.94. The maximum absolute atomic E-state index is 9.94. The van der Waals surface area contributed by atoms with Crippen LogP contribution >= 0.6 is 0 Å². The molecule has 0 amide bonds. The second kappa shape index (κ2) is 8.67. The summed E-state index contributed by atoms with van der Waals surface area (Å²) in [4.78, 5) is 0. The Bertz CT molecular complexity index is 1240. The number of methoxy groups -OCH3 is 1. The zero-order valence-electron chi connectivity index (χ0n) is 18.7. The van der Waals surface area contributed by atoms with Crippen LogP contribution in [0.5, 0.6) is 17.4 Å². The minimum Gasteiger partial charge on any atom is -0.493 e. The van der Waals surface area contributed by atoms with Crippen molar-refractivity contribution in [3.63, 3.8) is 0 Å². The molecule has 0 radical (unpaired) electrons. The Morgan fingerprint density at radius 2 is 1.97 bits per heavy atom. The molecule has 7 heteroatoms. The standard InChI is InChI=1S/C25H26N4O3/c1-5-10-31-19-9-8-16(12-20(19)30-4)21-18(13-26)24(27)32-25-22(21)23(28-29-25)17-7-6-14(2)15(3)11-17/h6-9,11-12,21H,5,10,27H2,1-4H3,(H,28,29). The SMILES string of the molecule is CCCOc1ccc(C2C(C#N)=C(N)Oc3n[nH]c(-c4ccc(C)c(C)c4)c32)cc1OC. The van der Waals surface area contributed by atoms with Gasteiger partial charge in [0.25, 0.3) is 0 Å². The van der Waals surface area contributed by atoms with Gasteiger partial charge in [-0.05, 0) is 55.2 Å². The molecule has 1 aromatic heterocycles. The molecule has 164 valence electrons. The molecule has 1 unspecified atom stereocenters. The molecule has 32 heavy (non-hydrogen) atoms. The number of benzene rings is 2. The van der Waals surface area contributed by atoms with E-state index in [-0.39, 0.29) is 5.88 Å². The highest BCUT2D eigenvalue weighted by molar-refractivity contribution is 5.72. The van der Waals surface area contributed by atoms with Crippen molar-refractivity contribution in [3.8, 4) is 34.7 Å². The number of aryl methyl sites for hydroxylation is 2. The summed E-state index contributed by atoms with van der Waals surface area (Å²) in [6.07, 6.45) is 0.889. The lowest BCUT2D eigenvalue weighted by molar-refractivity contribution is 0.294. The van der Waals surface area contributed by atoms with Crippen molar-refractivity contribution in [1.82, 2.24) is 10.2 Å². The molecule has 7 nitrogen and oxygen atoms in total. The van der Waals surface area contributed by atoms with Gasteiger partial charge in [0.15, 0.2) is 11.5 Å². The van der Waals surface area contributed by atoms with Gasteiger partial charge in [0.2, 0.25) is 11.8 Å². The summed E-state index contributed by atoms with van der Waals surface area (Å²) >= 11 is 0. The van der Waals surface area contributed by atoms with E-state index in [1.165, 1.54) is 5.56 Å². The van der Waals surface area contributed by atoms with Gasteiger partial charge in [-0.15, -0.1) is 5.10 Å². The highest BCUT2D eigenvalue weighted by Gasteiger charge is 2.36. The molecule has 0 fully saturated rings. The predicted octanol–water partition coefficient (Wildman–Crippen LogP) is 4.71. The van der Waals surface area contributed by atoms with Gasteiger partial charge in [0.05, 0.1) is 30.9 Å². The molecule has 2 heterocycles. The highest BCUT2D eigenvalue weighted by Crippen LogP contribution is 2.47. The second-order valence-electron chi connectivity index (χ2n) is 7.80. The third-order valence-corrected chi connectivity index (χ3v) is 5.72. The molecule has 1 aliphatic heterocycles. The van der Waals surface area contributed by atoms with Crippen molar-refractivity contribution in [3.05, 3.63) is 70.1 Å². The van der Waals surface area contributed by atoms with Crippen LogP contribution in [0.1, 0.15) is 41.5 Å². The van der Waals surface area contributed by atoms with Crippen LogP contribution in [0, 0.1) is 25.2 Å². The summed E-state index contributed by atoms with van der Waals surface area (Å²) < 4.78 is 17.1. The first-order valence-electron chi connectivity index (χ1n) is 10.5. The van der Waals surface area contributed by atoms with Crippen LogP contribution in [-0.4, -0.2) is 23.9 Å². The topological polar surface area (TPSA) is 106 Å². The van der Waals surface area contributed by atoms with E-state index in [1.54, 1.807) is 7.11 Å². The summed E-state index contributed by atoms with van der Waals surface area (Å²) in [5, 5.41) is 17.4. The van der Waals surface area contributed by atoms with Gasteiger partial charge in [-0.1, -0.05) is 25.1 Å². The quantitative estimate of drug-likeness (QED) is 0.587.